The molecule has 0 atom stereocenters. The van der Waals surface area contributed by atoms with Gasteiger partial charge in [0.1, 0.15) is 0 Å². The minimum absolute atomic E-state index is 0.186. The first-order valence-corrected chi connectivity index (χ1v) is 11.2. The van der Waals surface area contributed by atoms with E-state index >= 15 is 0 Å². The third-order valence-corrected chi connectivity index (χ3v) is 6.78. The molecule has 0 radical (unpaired) electrons. The van der Waals surface area contributed by atoms with Crippen LogP contribution in [0.25, 0.3) is 10.9 Å². The van der Waals surface area contributed by atoms with Gasteiger partial charge in [-0.2, -0.15) is 5.10 Å². The van der Waals surface area contributed by atoms with Gasteiger partial charge in [0.15, 0.2) is 5.11 Å². The molecule has 0 aliphatic heterocycles. The van der Waals surface area contributed by atoms with Crippen molar-refractivity contribution < 1.29 is 8.42 Å². The second-order valence-corrected chi connectivity index (χ2v) is 10.00. The Morgan fingerprint density at radius 3 is 2.72 bits per heavy atom. The average Bonchev–Trinajstić information content (AvgIpc) is 3.05. The van der Waals surface area contributed by atoms with Crippen molar-refractivity contribution in [2.75, 3.05) is 19.4 Å². The maximum atomic E-state index is 12.3. The zero-order chi connectivity index (χ0) is 21.2. The summed E-state index contributed by atoms with van der Waals surface area (Å²) < 4.78 is 26.8. The highest BCUT2D eigenvalue weighted by molar-refractivity contribution is 9.10. The summed E-state index contributed by atoms with van der Waals surface area (Å²) in [5.74, 6) is 0. The molecule has 0 spiro atoms. The predicted octanol–water partition coefficient (Wildman–Crippen LogP) is 3.81. The van der Waals surface area contributed by atoms with E-state index in [0.29, 0.717) is 5.69 Å². The Labute approximate surface area is 183 Å². The van der Waals surface area contributed by atoms with E-state index in [9.17, 15) is 8.42 Å². The summed E-state index contributed by atoms with van der Waals surface area (Å²) in [5, 5.41) is 8.46. The molecule has 0 fully saturated rings. The highest BCUT2D eigenvalue weighted by Gasteiger charge is 2.18. The molecule has 1 heterocycles. The summed E-state index contributed by atoms with van der Waals surface area (Å²) >= 11 is 8.75. The highest BCUT2D eigenvalue weighted by Crippen LogP contribution is 2.23. The number of nitrogens with zero attached hydrogens (tertiary/aromatic N) is 2. The van der Waals surface area contributed by atoms with Crippen LogP contribution in [-0.4, -0.2) is 43.1 Å². The van der Waals surface area contributed by atoms with Gasteiger partial charge >= 0.3 is 0 Å². The zero-order valence-corrected chi connectivity index (χ0v) is 19.2. The number of benzene rings is 2. The summed E-state index contributed by atoms with van der Waals surface area (Å²) in [6.07, 6.45) is 3.53. The first-order valence-electron chi connectivity index (χ1n) is 8.58. The summed E-state index contributed by atoms with van der Waals surface area (Å²) in [6, 6.07) is 10.8. The van der Waals surface area contributed by atoms with Gasteiger partial charge in [0, 0.05) is 46.9 Å². The third-order valence-electron chi connectivity index (χ3n) is 4.28. The SMILES string of the molecule is Cc1ccc(S(=O)(=O)N(C)C)cc1NC(=S)NN=Cc1c[nH]c2ccc(Br)cc12. The van der Waals surface area contributed by atoms with Gasteiger partial charge in [-0.1, -0.05) is 22.0 Å². The van der Waals surface area contributed by atoms with Gasteiger partial charge in [0.2, 0.25) is 10.0 Å². The number of aryl methyl sites for hydroxylation is 1. The lowest BCUT2D eigenvalue weighted by Gasteiger charge is -2.15. The van der Waals surface area contributed by atoms with Crippen LogP contribution in [-0.2, 0) is 10.0 Å². The summed E-state index contributed by atoms with van der Waals surface area (Å²) in [5.41, 5.74) is 6.13. The Morgan fingerprint density at radius 1 is 1.24 bits per heavy atom. The molecule has 0 bridgehead atoms. The van der Waals surface area contributed by atoms with Crippen molar-refractivity contribution in [2.24, 2.45) is 5.10 Å². The quantitative estimate of drug-likeness (QED) is 0.285. The number of hydrazone groups is 1. The lowest BCUT2D eigenvalue weighted by Crippen LogP contribution is -2.25. The van der Waals surface area contributed by atoms with Crippen molar-refractivity contribution >= 4 is 66.1 Å². The van der Waals surface area contributed by atoms with E-state index in [0.717, 1.165) is 26.5 Å². The minimum Gasteiger partial charge on any atom is -0.361 e. The molecular weight excluding hydrogens is 474 g/mol. The molecule has 2 aromatic carbocycles. The van der Waals surface area contributed by atoms with Gasteiger partial charge in [0.05, 0.1) is 11.1 Å². The van der Waals surface area contributed by atoms with Gasteiger partial charge in [0.25, 0.3) is 0 Å². The van der Waals surface area contributed by atoms with Crippen LogP contribution in [0.5, 0.6) is 0 Å². The number of nitrogens with one attached hydrogen (secondary N) is 3. The van der Waals surface area contributed by atoms with Crippen LogP contribution in [0.15, 0.2) is 57.1 Å². The molecule has 29 heavy (non-hydrogen) atoms. The Morgan fingerprint density at radius 2 is 2.00 bits per heavy atom. The van der Waals surface area contributed by atoms with E-state index < -0.39 is 10.0 Å². The van der Waals surface area contributed by atoms with E-state index in [-0.39, 0.29) is 10.0 Å². The van der Waals surface area contributed by atoms with Gasteiger partial charge in [-0.25, -0.2) is 12.7 Å². The number of hydrogen-bond acceptors (Lipinski definition) is 4. The number of aromatic amines is 1. The number of sulfonamides is 1. The van der Waals surface area contributed by atoms with Crippen molar-refractivity contribution in [1.82, 2.24) is 14.7 Å². The number of thiocarbonyl (C=S) groups is 1. The van der Waals surface area contributed by atoms with Crippen LogP contribution < -0.4 is 10.7 Å². The van der Waals surface area contributed by atoms with E-state index in [1.165, 1.54) is 18.4 Å². The molecule has 0 aliphatic rings. The average molecular weight is 494 g/mol. The number of hydrogen-bond donors (Lipinski definition) is 3. The first kappa shape index (κ1) is 21.4. The predicted molar refractivity (Wildman–Crippen MR) is 125 cm³/mol. The lowest BCUT2D eigenvalue weighted by atomic mass is 10.2. The second-order valence-electron chi connectivity index (χ2n) is 6.52. The number of anilines is 1. The van der Waals surface area contributed by atoms with Crippen LogP contribution in [0, 0.1) is 6.92 Å². The number of halogens is 1. The number of aromatic nitrogens is 1. The van der Waals surface area contributed by atoms with Gasteiger partial charge < -0.3 is 10.3 Å². The molecule has 0 aliphatic carbocycles. The Hall–Kier alpha value is -2.27. The molecule has 0 unspecified atom stereocenters. The van der Waals surface area contributed by atoms with Crippen LogP contribution in [0.3, 0.4) is 0 Å². The van der Waals surface area contributed by atoms with E-state index in [1.54, 1.807) is 24.4 Å². The maximum absolute atomic E-state index is 12.3. The summed E-state index contributed by atoms with van der Waals surface area (Å²) in [7, 11) is -0.545. The number of fused-ring (bicyclic) bond motifs is 1. The van der Waals surface area contributed by atoms with E-state index in [4.69, 9.17) is 12.2 Å². The minimum atomic E-state index is -3.53. The molecule has 3 N–H and O–H groups in total. The van der Waals surface area contributed by atoms with Gasteiger partial charge in [-0.15, -0.1) is 0 Å². The molecule has 3 aromatic rings. The van der Waals surface area contributed by atoms with Crippen molar-refractivity contribution in [3.8, 4) is 0 Å². The summed E-state index contributed by atoms with van der Waals surface area (Å²) in [6.45, 7) is 1.87. The summed E-state index contributed by atoms with van der Waals surface area (Å²) in [4.78, 5) is 3.37. The molecule has 3 rings (SSSR count). The highest BCUT2D eigenvalue weighted by atomic mass is 79.9. The van der Waals surface area contributed by atoms with Crippen molar-refractivity contribution in [2.45, 2.75) is 11.8 Å². The molecule has 0 saturated heterocycles. The molecule has 0 amide bonds. The molecule has 10 heteroatoms. The van der Waals surface area contributed by atoms with Crippen LogP contribution >= 0.6 is 28.1 Å². The van der Waals surface area contributed by atoms with Crippen LogP contribution in [0.1, 0.15) is 11.1 Å². The van der Waals surface area contributed by atoms with Crippen LogP contribution in [0.4, 0.5) is 5.69 Å². The fourth-order valence-electron chi connectivity index (χ4n) is 2.64. The van der Waals surface area contributed by atoms with E-state index in [1.807, 2.05) is 31.3 Å². The third kappa shape index (κ3) is 4.84. The molecule has 7 nitrogen and oxygen atoms in total. The van der Waals surface area contributed by atoms with E-state index in [2.05, 4.69) is 36.8 Å². The molecule has 0 saturated carbocycles. The topological polar surface area (TPSA) is 89.6 Å². The molecular formula is C19H20BrN5O2S2. The smallest absolute Gasteiger partial charge is 0.242 e. The van der Waals surface area contributed by atoms with Crippen molar-refractivity contribution in [3.05, 3.63) is 58.2 Å². The zero-order valence-electron chi connectivity index (χ0n) is 16.0. The monoisotopic (exact) mass is 493 g/mol. The Bertz CT molecular complexity index is 1200. The van der Waals surface area contributed by atoms with Crippen molar-refractivity contribution in [3.63, 3.8) is 0 Å². The maximum Gasteiger partial charge on any atom is 0.242 e. The molecule has 152 valence electrons. The largest absolute Gasteiger partial charge is 0.361 e. The Balaban J connectivity index is 1.72. The lowest BCUT2D eigenvalue weighted by molar-refractivity contribution is 0.521. The van der Waals surface area contributed by atoms with Crippen molar-refractivity contribution in [1.29, 1.82) is 0 Å². The van der Waals surface area contributed by atoms with Gasteiger partial charge in [-0.05, 0) is 55.0 Å². The fraction of sp³-hybridized carbons (Fsp3) is 0.158. The fourth-order valence-corrected chi connectivity index (χ4v) is 4.09. The second kappa shape index (κ2) is 8.62. The number of rotatable bonds is 5. The standard InChI is InChI=1S/C19H20BrN5O2S2/c1-12-4-6-15(29(26,27)25(2)3)9-18(12)23-19(28)24-22-11-13-10-21-17-7-5-14(20)8-16(13)17/h4-11,21H,1-3H3,(H2,23,24,28). The number of H-pyrrole nitrogens is 1. The first-order chi connectivity index (χ1) is 13.7. The Kier molecular flexibility index (Phi) is 6.37. The molecule has 1 aromatic heterocycles. The normalized spacial score (nSPS) is 12.0. The van der Waals surface area contributed by atoms with Gasteiger partial charge in [-0.3, -0.25) is 5.43 Å². The van der Waals surface area contributed by atoms with Crippen LogP contribution in [0.2, 0.25) is 0 Å².